The molecule has 3 rings (SSSR count). The van der Waals surface area contributed by atoms with Crippen molar-refractivity contribution in [3.05, 3.63) is 66.1 Å². The highest BCUT2D eigenvalue weighted by Crippen LogP contribution is 2.25. The predicted molar refractivity (Wildman–Crippen MR) is 111 cm³/mol. The van der Waals surface area contributed by atoms with Crippen LogP contribution in [-0.2, 0) is 6.54 Å². The minimum Gasteiger partial charge on any atom is -0.378 e. The third-order valence-electron chi connectivity index (χ3n) is 4.63. The zero-order valence-corrected chi connectivity index (χ0v) is 16.2. The predicted octanol–water partition coefficient (Wildman–Crippen LogP) is 3.30. The van der Waals surface area contributed by atoms with Crippen molar-refractivity contribution in [2.45, 2.75) is 19.5 Å². The Hall–Kier alpha value is -2.70. The van der Waals surface area contributed by atoms with Crippen molar-refractivity contribution in [3.8, 4) is 11.3 Å². The van der Waals surface area contributed by atoms with Gasteiger partial charge in [0.25, 0.3) is 0 Å². The van der Waals surface area contributed by atoms with Crippen LogP contribution in [0.3, 0.4) is 0 Å². The SMILES string of the molecule is CNCCN(C)Cc1c[nH]nc1-c1ccc(NC(C)c2cccnc2)cc1. The monoisotopic (exact) mass is 364 g/mol. The van der Waals surface area contributed by atoms with Crippen LogP contribution in [0.1, 0.15) is 24.1 Å². The Morgan fingerprint density at radius 3 is 2.70 bits per heavy atom. The van der Waals surface area contributed by atoms with Gasteiger partial charge in [-0.05, 0) is 44.8 Å². The molecule has 0 aliphatic carbocycles. The molecule has 1 aromatic carbocycles. The summed E-state index contributed by atoms with van der Waals surface area (Å²) in [6.45, 7) is 4.97. The number of H-pyrrole nitrogens is 1. The summed E-state index contributed by atoms with van der Waals surface area (Å²) in [6.07, 6.45) is 5.68. The van der Waals surface area contributed by atoms with Gasteiger partial charge in [-0.3, -0.25) is 10.1 Å². The standard InChI is InChI=1S/C21H28N6/c1-16(18-5-4-10-23-13-18)25-20-8-6-17(7-9-20)21-19(14-24-26-21)15-27(3)12-11-22-2/h4-10,13-14,16,22,25H,11-12,15H2,1-3H3,(H,24,26). The van der Waals surface area contributed by atoms with Crippen LogP contribution < -0.4 is 10.6 Å². The topological polar surface area (TPSA) is 68.9 Å². The van der Waals surface area contributed by atoms with Crippen molar-refractivity contribution < 1.29 is 0 Å². The van der Waals surface area contributed by atoms with Gasteiger partial charge in [-0.25, -0.2) is 0 Å². The van der Waals surface area contributed by atoms with E-state index in [-0.39, 0.29) is 6.04 Å². The Labute approximate surface area is 161 Å². The second-order valence-electron chi connectivity index (χ2n) is 6.83. The van der Waals surface area contributed by atoms with E-state index in [1.54, 1.807) is 6.20 Å². The number of likely N-dealkylation sites (N-methyl/N-ethyl adjacent to an activating group) is 2. The zero-order valence-electron chi connectivity index (χ0n) is 16.2. The molecule has 0 aliphatic rings. The molecule has 0 amide bonds. The van der Waals surface area contributed by atoms with Gasteiger partial charge in [0.1, 0.15) is 0 Å². The number of nitrogens with one attached hydrogen (secondary N) is 3. The van der Waals surface area contributed by atoms with Crippen molar-refractivity contribution in [3.63, 3.8) is 0 Å². The lowest BCUT2D eigenvalue weighted by Crippen LogP contribution is -2.26. The Bertz CT molecular complexity index is 812. The molecule has 0 bridgehead atoms. The Morgan fingerprint density at radius 2 is 2.00 bits per heavy atom. The van der Waals surface area contributed by atoms with E-state index in [0.717, 1.165) is 36.6 Å². The molecule has 3 aromatic rings. The van der Waals surface area contributed by atoms with Gasteiger partial charge in [0.15, 0.2) is 0 Å². The van der Waals surface area contributed by atoms with Crippen LogP contribution >= 0.6 is 0 Å². The lowest BCUT2D eigenvalue weighted by Gasteiger charge is -2.17. The first kappa shape index (κ1) is 19.1. The van der Waals surface area contributed by atoms with Gasteiger partial charge >= 0.3 is 0 Å². The summed E-state index contributed by atoms with van der Waals surface area (Å²) in [4.78, 5) is 6.48. The Kier molecular flexibility index (Phi) is 6.57. The molecular formula is C21H28N6. The van der Waals surface area contributed by atoms with E-state index < -0.39 is 0 Å². The average molecular weight is 364 g/mol. The largest absolute Gasteiger partial charge is 0.378 e. The third kappa shape index (κ3) is 5.15. The second-order valence-corrected chi connectivity index (χ2v) is 6.83. The Morgan fingerprint density at radius 1 is 1.19 bits per heavy atom. The number of rotatable bonds is 9. The molecular weight excluding hydrogens is 336 g/mol. The van der Waals surface area contributed by atoms with Crippen molar-refractivity contribution in [2.75, 3.05) is 32.5 Å². The van der Waals surface area contributed by atoms with Crippen LogP contribution in [-0.4, -0.2) is 47.3 Å². The van der Waals surface area contributed by atoms with Crippen molar-refractivity contribution in [2.24, 2.45) is 0 Å². The van der Waals surface area contributed by atoms with E-state index in [2.05, 4.69) is 75.0 Å². The highest BCUT2D eigenvalue weighted by atomic mass is 15.1. The van der Waals surface area contributed by atoms with Crippen LogP contribution in [0.5, 0.6) is 0 Å². The first-order valence-corrected chi connectivity index (χ1v) is 9.30. The van der Waals surface area contributed by atoms with Crippen LogP contribution in [0.15, 0.2) is 55.0 Å². The van der Waals surface area contributed by atoms with Crippen LogP contribution in [0.25, 0.3) is 11.3 Å². The molecule has 1 atom stereocenters. The molecule has 6 nitrogen and oxygen atoms in total. The third-order valence-corrected chi connectivity index (χ3v) is 4.63. The van der Waals surface area contributed by atoms with Gasteiger partial charge in [0.05, 0.1) is 11.7 Å². The first-order chi connectivity index (χ1) is 13.2. The molecule has 0 spiro atoms. The van der Waals surface area contributed by atoms with E-state index in [9.17, 15) is 0 Å². The maximum atomic E-state index is 4.46. The summed E-state index contributed by atoms with van der Waals surface area (Å²) < 4.78 is 0. The van der Waals surface area contributed by atoms with E-state index >= 15 is 0 Å². The quantitative estimate of drug-likeness (QED) is 0.544. The van der Waals surface area contributed by atoms with Crippen molar-refractivity contribution >= 4 is 5.69 Å². The normalized spacial score (nSPS) is 12.3. The zero-order chi connectivity index (χ0) is 19.1. The van der Waals surface area contributed by atoms with Crippen LogP contribution in [0.2, 0.25) is 0 Å². The lowest BCUT2D eigenvalue weighted by molar-refractivity contribution is 0.328. The first-order valence-electron chi connectivity index (χ1n) is 9.30. The van der Waals surface area contributed by atoms with Gasteiger partial charge in [-0.2, -0.15) is 5.10 Å². The molecule has 0 radical (unpaired) electrons. The number of nitrogens with zero attached hydrogens (tertiary/aromatic N) is 3. The van der Waals surface area contributed by atoms with Gasteiger partial charge in [0, 0.05) is 55.0 Å². The summed E-state index contributed by atoms with van der Waals surface area (Å²) >= 11 is 0. The van der Waals surface area contributed by atoms with Gasteiger partial charge < -0.3 is 15.5 Å². The second kappa shape index (κ2) is 9.30. The number of aromatic amines is 1. The average Bonchev–Trinajstić information content (AvgIpc) is 3.15. The summed E-state index contributed by atoms with van der Waals surface area (Å²) in [5.41, 5.74) is 5.59. The van der Waals surface area contributed by atoms with E-state index in [0.29, 0.717) is 0 Å². The molecule has 0 saturated carbocycles. The summed E-state index contributed by atoms with van der Waals surface area (Å²) in [5.74, 6) is 0. The fraction of sp³-hybridized carbons (Fsp3) is 0.333. The van der Waals surface area contributed by atoms with Gasteiger partial charge in [-0.15, -0.1) is 0 Å². The molecule has 0 aliphatic heterocycles. The fourth-order valence-electron chi connectivity index (χ4n) is 3.05. The number of aromatic nitrogens is 3. The molecule has 27 heavy (non-hydrogen) atoms. The lowest BCUT2D eigenvalue weighted by atomic mass is 10.1. The maximum Gasteiger partial charge on any atom is 0.0965 e. The number of hydrogen-bond donors (Lipinski definition) is 3. The van der Waals surface area contributed by atoms with Crippen LogP contribution in [0.4, 0.5) is 5.69 Å². The minimum atomic E-state index is 0.200. The van der Waals surface area contributed by atoms with Crippen molar-refractivity contribution in [1.82, 2.24) is 25.4 Å². The van der Waals surface area contributed by atoms with Gasteiger partial charge in [-0.1, -0.05) is 18.2 Å². The highest BCUT2D eigenvalue weighted by Gasteiger charge is 2.11. The molecule has 1 unspecified atom stereocenters. The molecule has 6 heteroatoms. The number of anilines is 1. The van der Waals surface area contributed by atoms with E-state index in [1.165, 1.54) is 11.1 Å². The molecule has 2 heterocycles. The van der Waals surface area contributed by atoms with E-state index in [4.69, 9.17) is 0 Å². The van der Waals surface area contributed by atoms with Gasteiger partial charge in [0.2, 0.25) is 0 Å². The smallest absolute Gasteiger partial charge is 0.0965 e. The maximum absolute atomic E-state index is 4.46. The molecule has 2 aromatic heterocycles. The highest BCUT2D eigenvalue weighted by molar-refractivity contribution is 5.65. The molecule has 3 N–H and O–H groups in total. The number of benzene rings is 1. The van der Waals surface area contributed by atoms with Crippen LogP contribution in [0, 0.1) is 0 Å². The molecule has 0 saturated heterocycles. The minimum absolute atomic E-state index is 0.200. The number of pyridine rings is 1. The molecule has 0 fully saturated rings. The van der Waals surface area contributed by atoms with Crippen molar-refractivity contribution in [1.29, 1.82) is 0 Å². The fourth-order valence-corrected chi connectivity index (χ4v) is 3.05. The molecule has 142 valence electrons. The van der Waals surface area contributed by atoms with E-state index in [1.807, 2.05) is 25.5 Å². The Balaban J connectivity index is 1.66. The number of hydrogen-bond acceptors (Lipinski definition) is 5. The summed E-state index contributed by atoms with van der Waals surface area (Å²) in [7, 11) is 4.10. The summed E-state index contributed by atoms with van der Waals surface area (Å²) in [5, 5.41) is 14.2. The summed E-state index contributed by atoms with van der Waals surface area (Å²) in [6, 6.07) is 12.7.